The van der Waals surface area contributed by atoms with Gasteiger partial charge in [-0.15, -0.1) is 0 Å². The van der Waals surface area contributed by atoms with E-state index in [0.717, 1.165) is 12.0 Å². The summed E-state index contributed by atoms with van der Waals surface area (Å²) in [6, 6.07) is 12.6. The van der Waals surface area contributed by atoms with Crippen molar-refractivity contribution in [3.05, 3.63) is 58.9 Å². The van der Waals surface area contributed by atoms with Crippen LogP contribution in [0.25, 0.3) is 11.4 Å². The van der Waals surface area contributed by atoms with Gasteiger partial charge in [0.1, 0.15) is 0 Å². The summed E-state index contributed by atoms with van der Waals surface area (Å²) in [5.41, 5.74) is 1.27. The van der Waals surface area contributed by atoms with Gasteiger partial charge in [-0.2, -0.15) is 4.98 Å². The zero-order valence-corrected chi connectivity index (χ0v) is 17.6. The number of hydrogen-bond acceptors (Lipinski definition) is 6. The van der Waals surface area contributed by atoms with Crippen LogP contribution < -0.4 is 9.47 Å². The van der Waals surface area contributed by atoms with Gasteiger partial charge in [-0.05, 0) is 43.7 Å². The molecule has 0 fully saturated rings. The first-order chi connectivity index (χ1) is 14.6. The molecule has 7 nitrogen and oxygen atoms in total. The van der Waals surface area contributed by atoms with Gasteiger partial charge in [-0.1, -0.05) is 35.8 Å². The van der Waals surface area contributed by atoms with E-state index in [9.17, 15) is 4.79 Å². The molecular weight excluding hydrogens is 406 g/mol. The lowest BCUT2D eigenvalue weighted by atomic mass is 10.1. The van der Waals surface area contributed by atoms with Gasteiger partial charge in [0.2, 0.25) is 18.5 Å². The monoisotopic (exact) mass is 427 g/mol. The van der Waals surface area contributed by atoms with Gasteiger partial charge >= 0.3 is 0 Å². The number of carbonyl (C=O) groups excluding carboxylic acids is 1. The van der Waals surface area contributed by atoms with Crippen molar-refractivity contribution in [2.75, 3.05) is 13.3 Å². The standard InChI is InChI=1S/C22H22ClN3O4/c1-3-14(2)26(22(27)16-6-4-5-7-17(16)23)11-10-20-24-21(25-30-20)15-8-9-18-19(12-15)29-13-28-18/h4-9,12,14H,3,10-11,13H2,1-2H3/t14-/m1/s1. The van der Waals surface area contributed by atoms with E-state index in [1.165, 1.54) is 0 Å². The SMILES string of the molecule is CC[C@@H](C)N(CCc1nc(-c2ccc3c(c2)OCO3)no1)C(=O)c1ccccc1Cl. The van der Waals surface area contributed by atoms with Crippen molar-refractivity contribution < 1.29 is 18.8 Å². The van der Waals surface area contributed by atoms with Gasteiger partial charge in [-0.25, -0.2) is 0 Å². The fourth-order valence-corrected chi connectivity index (χ4v) is 3.47. The number of halogens is 1. The summed E-state index contributed by atoms with van der Waals surface area (Å²) in [4.78, 5) is 19.3. The molecule has 3 aromatic rings. The quantitative estimate of drug-likeness (QED) is 0.548. The van der Waals surface area contributed by atoms with Crippen LogP contribution >= 0.6 is 11.6 Å². The summed E-state index contributed by atoms with van der Waals surface area (Å²) in [5.74, 6) is 2.18. The van der Waals surface area contributed by atoms with Gasteiger partial charge in [-0.3, -0.25) is 4.79 Å². The molecule has 0 bridgehead atoms. The van der Waals surface area contributed by atoms with E-state index >= 15 is 0 Å². The Balaban J connectivity index is 1.48. The summed E-state index contributed by atoms with van der Waals surface area (Å²) in [7, 11) is 0. The van der Waals surface area contributed by atoms with E-state index in [2.05, 4.69) is 10.1 Å². The smallest absolute Gasteiger partial charge is 0.255 e. The second kappa shape index (κ2) is 8.75. The first-order valence-electron chi connectivity index (χ1n) is 9.85. The molecule has 0 saturated heterocycles. The number of aromatic nitrogens is 2. The topological polar surface area (TPSA) is 77.7 Å². The average Bonchev–Trinajstić information content (AvgIpc) is 3.42. The number of rotatable bonds is 7. The van der Waals surface area contributed by atoms with Crippen LogP contribution in [0.2, 0.25) is 5.02 Å². The molecule has 0 saturated carbocycles. The number of fused-ring (bicyclic) bond motifs is 1. The number of carbonyl (C=O) groups is 1. The van der Waals surface area contributed by atoms with Gasteiger partial charge < -0.3 is 18.9 Å². The number of nitrogens with zero attached hydrogens (tertiary/aromatic N) is 3. The minimum absolute atomic E-state index is 0.0463. The van der Waals surface area contributed by atoms with Crippen molar-refractivity contribution in [1.29, 1.82) is 0 Å². The molecule has 30 heavy (non-hydrogen) atoms. The highest BCUT2D eigenvalue weighted by Gasteiger charge is 2.23. The lowest BCUT2D eigenvalue weighted by Crippen LogP contribution is -2.40. The van der Waals surface area contributed by atoms with E-state index in [4.69, 9.17) is 25.6 Å². The first kappa shape index (κ1) is 20.2. The highest BCUT2D eigenvalue weighted by atomic mass is 35.5. The van der Waals surface area contributed by atoms with Crippen LogP contribution in [0.15, 0.2) is 47.0 Å². The summed E-state index contributed by atoms with van der Waals surface area (Å²) in [5, 5.41) is 4.51. The summed E-state index contributed by atoms with van der Waals surface area (Å²) < 4.78 is 16.1. The predicted octanol–water partition coefficient (Wildman–Crippen LogP) is 4.60. The van der Waals surface area contributed by atoms with Crippen LogP contribution in [0.1, 0.15) is 36.5 Å². The minimum atomic E-state index is -0.106. The Kier molecular flexibility index (Phi) is 5.90. The summed E-state index contributed by atoms with van der Waals surface area (Å²) >= 11 is 6.23. The third-order valence-corrected chi connectivity index (χ3v) is 5.48. The van der Waals surface area contributed by atoms with E-state index in [1.807, 2.05) is 44.2 Å². The normalized spacial score (nSPS) is 13.3. The predicted molar refractivity (Wildman–Crippen MR) is 112 cm³/mol. The molecule has 2 heterocycles. The van der Waals surface area contributed by atoms with E-state index in [0.29, 0.717) is 46.8 Å². The molecular formula is C22H22ClN3O4. The molecule has 0 unspecified atom stereocenters. The molecule has 1 aliphatic heterocycles. The molecule has 156 valence electrons. The van der Waals surface area contributed by atoms with Crippen LogP contribution in [0.5, 0.6) is 11.5 Å². The van der Waals surface area contributed by atoms with Crippen molar-refractivity contribution >= 4 is 17.5 Å². The van der Waals surface area contributed by atoms with Crippen molar-refractivity contribution in [1.82, 2.24) is 15.0 Å². The molecule has 4 rings (SSSR count). The Labute approximate surface area is 179 Å². The molecule has 1 aromatic heterocycles. The number of hydrogen-bond donors (Lipinski definition) is 0. The van der Waals surface area contributed by atoms with Gasteiger partial charge in [0.15, 0.2) is 11.5 Å². The van der Waals surface area contributed by atoms with Crippen LogP contribution in [0.4, 0.5) is 0 Å². The van der Waals surface area contributed by atoms with Gasteiger partial charge in [0, 0.05) is 24.6 Å². The maximum atomic E-state index is 13.1. The number of amides is 1. The lowest BCUT2D eigenvalue weighted by molar-refractivity contribution is 0.0686. The van der Waals surface area contributed by atoms with Crippen molar-refractivity contribution in [2.24, 2.45) is 0 Å². The maximum absolute atomic E-state index is 13.1. The largest absolute Gasteiger partial charge is 0.454 e. The molecule has 1 aliphatic rings. The fourth-order valence-electron chi connectivity index (χ4n) is 3.26. The fraction of sp³-hybridized carbons (Fsp3) is 0.318. The Morgan fingerprint density at radius 1 is 1.20 bits per heavy atom. The minimum Gasteiger partial charge on any atom is -0.454 e. The van der Waals surface area contributed by atoms with Gasteiger partial charge in [0.05, 0.1) is 10.6 Å². The highest BCUT2D eigenvalue weighted by Crippen LogP contribution is 2.35. The molecule has 8 heteroatoms. The van der Waals surface area contributed by atoms with E-state index < -0.39 is 0 Å². The van der Waals surface area contributed by atoms with Crippen molar-refractivity contribution in [3.63, 3.8) is 0 Å². The molecule has 1 atom stereocenters. The Bertz CT molecular complexity index is 1050. The third kappa shape index (κ3) is 4.11. The average molecular weight is 428 g/mol. The van der Waals surface area contributed by atoms with Crippen LogP contribution in [-0.4, -0.2) is 40.3 Å². The van der Waals surface area contributed by atoms with Crippen LogP contribution in [0, 0.1) is 0 Å². The zero-order chi connectivity index (χ0) is 21.1. The highest BCUT2D eigenvalue weighted by molar-refractivity contribution is 6.33. The third-order valence-electron chi connectivity index (χ3n) is 5.15. The van der Waals surface area contributed by atoms with E-state index in [1.54, 1.807) is 17.0 Å². The second-order valence-corrected chi connectivity index (χ2v) is 7.47. The van der Waals surface area contributed by atoms with Crippen LogP contribution in [0.3, 0.4) is 0 Å². The van der Waals surface area contributed by atoms with Gasteiger partial charge in [0.25, 0.3) is 5.91 Å². The number of benzene rings is 2. The first-order valence-corrected chi connectivity index (χ1v) is 10.2. The van der Waals surface area contributed by atoms with Crippen molar-refractivity contribution in [2.45, 2.75) is 32.7 Å². The molecule has 0 radical (unpaired) electrons. The Morgan fingerprint density at radius 2 is 2.00 bits per heavy atom. The Hall–Kier alpha value is -3.06. The zero-order valence-electron chi connectivity index (χ0n) is 16.8. The summed E-state index contributed by atoms with van der Waals surface area (Å²) in [6.45, 7) is 4.71. The summed E-state index contributed by atoms with van der Waals surface area (Å²) in [6.07, 6.45) is 1.26. The second-order valence-electron chi connectivity index (χ2n) is 7.07. The molecule has 0 spiro atoms. The van der Waals surface area contributed by atoms with Crippen LogP contribution in [-0.2, 0) is 6.42 Å². The molecule has 0 aliphatic carbocycles. The number of ether oxygens (including phenoxy) is 2. The van der Waals surface area contributed by atoms with E-state index in [-0.39, 0.29) is 18.7 Å². The molecule has 1 amide bonds. The lowest BCUT2D eigenvalue weighted by Gasteiger charge is -2.28. The molecule has 2 aromatic carbocycles. The molecule has 0 N–H and O–H groups in total. The maximum Gasteiger partial charge on any atom is 0.255 e. The van der Waals surface area contributed by atoms with Crippen molar-refractivity contribution in [3.8, 4) is 22.9 Å². The Morgan fingerprint density at radius 3 is 2.80 bits per heavy atom.